The van der Waals surface area contributed by atoms with Crippen molar-refractivity contribution in [3.8, 4) is 0 Å². The normalized spacial score (nSPS) is 16.8. The minimum absolute atomic E-state index is 0.0220. The molecule has 0 N–H and O–H groups in total. The third-order valence-corrected chi connectivity index (χ3v) is 5.15. The average molecular weight is 253 g/mol. The summed E-state index contributed by atoms with van der Waals surface area (Å²) in [5.41, 5.74) is 1.08. The fourth-order valence-corrected chi connectivity index (χ4v) is 3.94. The van der Waals surface area contributed by atoms with Crippen molar-refractivity contribution >= 4 is 10.0 Å². The zero-order valence-corrected chi connectivity index (χ0v) is 11.4. The van der Waals surface area contributed by atoms with Crippen molar-refractivity contribution in [2.45, 2.75) is 50.6 Å². The molecule has 0 bridgehead atoms. The molecule has 1 aromatic carbocycles. The Hall–Kier alpha value is -0.870. The Kier molecular flexibility index (Phi) is 3.27. The van der Waals surface area contributed by atoms with Crippen LogP contribution in [0, 0.1) is 6.92 Å². The Labute approximate surface area is 104 Å². The molecule has 94 valence electrons. The quantitative estimate of drug-likeness (QED) is 0.827. The van der Waals surface area contributed by atoms with E-state index in [1.165, 1.54) is 0 Å². The van der Waals surface area contributed by atoms with E-state index in [1.807, 2.05) is 32.9 Å². The SMILES string of the molecule is Cc1ccc(S(=O)(=O)N(C(C)C)C2CC2)cc1. The Bertz CT molecular complexity index is 485. The predicted molar refractivity (Wildman–Crippen MR) is 68.4 cm³/mol. The van der Waals surface area contributed by atoms with Gasteiger partial charge in [0.25, 0.3) is 0 Å². The van der Waals surface area contributed by atoms with Gasteiger partial charge in [-0.15, -0.1) is 0 Å². The molecule has 0 heterocycles. The lowest BCUT2D eigenvalue weighted by Crippen LogP contribution is -2.38. The van der Waals surface area contributed by atoms with E-state index < -0.39 is 10.0 Å². The van der Waals surface area contributed by atoms with Gasteiger partial charge in [0.1, 0.15) is 0 Å². The van der Waals surface area contributed by atoms with Crippen molar-refractivity contribution in [2.75, 3.05) is 0 Å². The maximum atomic E-state index is 12.5. The fraction of sp³-hybridized carbons (Fsp3) is 0.538. The highest BCUT2D eigenvalue weighted by molar-refractivity contribution is 7.89. The summed E-state index contributed by atoms with van der Waals surface area (Å²) in [6, 6.07) is 7.32. The van der Waals surface area contributed by atoms with Gasteiger partial charge in [0.05, 0.1) is 4.90 Å². The van der Waals surface area contributed by atoms with E-state index >= 15 is 0 Å². The third-order valence-electron chi connectivity index (χ3n) is 3.01. The van der Waals surface area contributed by atoms with Crippen molar-refractivity contribution in [1.82, 2.24) is 4.31 Å². The molecule has 0 unspecified atom stereocenters. The zero-order valence-electron chi connectivity index (χ0n) is 10.6. The number of hydrogen-bond acceptors (Lipinski definition) is 2. The molecule has 4 heteroatoms. The van der Waals surface area contributed by atoms with Crippen molar-refractivity contribution in [2.24, 2.45) is 0 Å². The van der Waals surface area contributed by atoms with Gasteiger partial charge in [0.15, 0.2) is 0 Å². The zero-order chi connectivity index (χ0) is 12.6. The first-order valence-corrected chi connectivity index (χ1v) is 7.47. The van der Waals surface area contributed by atoms with E-state index in [2.05, 4.69) is 0 Å². The van der Waals surface area contributed by atoms with E-state index in [-0.39, 0.29) is 12.1 Å². The summed E-state index contributed by atoms with van der Waals surface area (Å²) in [7, 11) is -3.32. The Morgan fingerprint density at radius 2 is 1.71 bits per heavy atom. The molecular weight excluding hydrogens is 234 g/mol. The largest absolute Gasteiger partial charge is 0.243 e. The molecular formula is C13H19NO2S. The molecule has 0 aliphatic heterocycles. The Morgan fingerprint density at radius 1 is 1.18 bits per heavy atom. The molecule has 0 atom stereocenters. The monoisotopic (exact) mass is 253 g/mol. The second-order valence-electron chi connectivity index (χ2n) is 4.97. The van der Waals surface area contributed by atoms with Crippen LogP contribution in [0.3, 0.4) is 0 Å². The lowest BCUT2D eigenvalue weighted by molar-refractivity contribution is 0.346. The summed E-state index contributed by atoms with van der Waals surface area (Å²) >= 11 is 0. The minimum Gasteiger partial charge on any atom is -0.207 e. The second-order valence-corrected chi connectivity index (χ2v) is 6.82. The number of nitrogens with zero attached hydrogens (tertiary/aromatic N) is 1. The number of rotatable bonds is 4. The van der Waals surface area contributed by atoms with E-state index in [0.717, 1.165) is 18.4 Å². The van der Waals surface area contributed by atoms with Crippen LogP contribution in [0.5, 0.6) is 0 Å². The second kappa shape index (κ2) is 4.42. The molecule has 0 saturated heterocycles. The third kappa shape index (κ3) is 2.53. The van der Waals surface area contributed by atoms with Gasteiger partial charge >= 0.3 is 0 Å². The number of sulfonamides is 1. The number of benzene rings is 1. The summed E-state index contributed by atoms with van der Waals surface area (Å²) in [4.78, 5) is 0.406. The van der Waals surface area contributed by atoms with E-state index in [1.54, 1.807) is 16.4 Å². The molecule has 0 spiro atoms. The average Bonchev–Trinajstić information content (AvgIpc) is 3.01. The van der Waals surface area contributed by atoms with Crippen LogP contribution in [0.1, 0.15) is 32.3 Å². The number of aryl methyl sites for hydroxylation is 1. The maximum absolute atomic E-state index is 12.5. The molecule has 0 amide bonds. The van der Waals surface area contributed by atoms with E-state index in [4.69, 9.17) is 0 Å². The van der Waals surface area contributed by atoms with Crippen molar-refractivity contribution in [3.05, 3.63) is 29.8 Å². The highest BCUT2D eigenvalue weighted by atomic mass is 32.2. The minimum atomic E-state index is -3.32. The molecule has 2 rings (SSSR count). The van der Waals surface area contributed by atoms with Gasteiger partial charge in [0.2, 0.25) is 10.0 Å². The molecule has 17 heavy (non-hydrogen) atoms. The first kappa shape index (κ1) is 12.6. The highest BCUT2D eigenvalue weighted by Crippen LogP contribution is 2.33. The topological polar surface area (TPSA) is 37.4 Å². The Balaban J connectivity index is 2.37. The van der Waals surface area contributed by atoms with Crippen LogP contribution >= 0.6 is 0 Å². The fourth-order valence-electron chi connectivity index (χ4n) is 2.06. The number of hydrogen-bond donors (Lipinski definition) is 0. The summed E-state index contributed by atoms with van der Waals surface area (Å²) in [5, 5.41) is 0. The van der Waals surface area contributed by atoms with Gasteiger partial charge < -0.3 is 0 Å². The summed E-state index contributed by atoms with van der Waals surface area (Å²) in [6.07, 6.45) is 1.98. The summed E-state index contributed by atoms with van der Waals surface area (Å²) in [6.45, 7) is 5.83. The smallest absolute Gasteiger partial charge is 0.207 e. The van der Waals surface area contributed by atoms with Gasteiger partial charge in [-0.3, -0.25) is 0 Å². The molecule has 3 nitrogen and oxygen atoms in total. The first-order chi connectivity index (χ1) is 7.93. The summed E-state index contributed by atoms with van der Waals surface area (Å²) < 4.78 is 26.6. The van der Waals surface area contributed by atoms with Crippen LogP contribution in [0.4, 0.5) is 0 Å². The molecule has 1 aliphatic rings. The maximum Gasteiger partial charge on any atom is 0.243 e. The van der Waals surface area contributed by atoms with Gasteiger partial charge in [-0.05, 0) is 45.7 Å². The Morgan fingerprint density at radius 3 is 2.12 bits per heavy atom. The van der Waals surface area contributed by atoms with E-state index in [0.29, 0.717) is 4.90 Å². The van der Waals surface area contributed by atoms with Crippen molar-refractivity contribution < 1.29 is 8.42 Å². The lowest BCUT2D eigenvalue weighted by atomic mass is 10.2. The predicted octanol–water partition coefficient (Wildman–Crippen LogP) is 2.56. The van der Waals surface area contributed by atoms with Gasteiger partial charge in [-0.1, -0.05) is 17.7 Å². The first-order valence-electron chi connectivity index (χ1n) is 6.03. The van der Waals surface area contributed by atoms with Gasteiger partial charge in [-0.25, -0.2) is 8.42 Å². The molecule has 1 saturated carbocycles. The van der Waals surface area contributed by atoms with Crippen LogP contribution in [0.15, 0.2) is 29.2 Å². The molecule has 0 aromatic heterocycles. The van der Waals surface area contributed by atoms with Crippen LogP contribution in [0.2, 0.25) is 0 Å². The van der Waals surface area contributed by atoms with Crippen LogP contribution in [-0.4, -0.2) is 24.8 Å². The molecule has 0 radical (unpaired) electrons. The summed E-state index contributed by atoms with van der Waals surface area (Å²) in [5.74, 6) is 0. The molecule has 1 aliphatic carbocycles. The van der Waals surface area contributed by atoms with E-state index in [9.17, 15) is 8.42 Å². The highest BCUT2D eigenvalue weighted by Gasteiger charge is 2.39. The standard InChI is InChI=1S/C13H19NO2S/c1-10(2)14(12-6-7-12)17(15,16)13-8-4-11(3)5-9-13/h4-5,8-10,12H,6-7H2,1-3H3. The van der Waals surface area contributed by atoms with Crippen LogP contribution in [0.25, 0.3) is 0 Å². The van der Waals surface area contributed by atoms with Crippen LogP contribution in [-0.2, 0) is 10.0 Å². The lowest BCUT2D eigenvalue weighted by Gasteiger charge is -2.25. The molecule has 1 fully saturated rings. The van der Waals surface area contributed by atoms with Crippen molar-refractivity contribution in [3.63, 3.8) is 0 Å². The van der Waals surface area contributed by atoms with Crippen LogP contribution < -0.4 is 0 Å². The van der Waals surface area contributed by atoms with Crippen molar-refractivity contribution in [1.29, 1.82) is 0 Å². The van der Waals surface area contributed by atoms with Gasteiger partial charge in [0, 0.05) is 12.1 Å². The van der Waals surface area contributed by atoms with Gasteiger partial charge in [-0.2, -0.15) is 4.31 Å². The molecule has 1 aromatic rings.